The van der Waals surface area contributed by atoms with Crippen LogP contribution in [-0.2, 0) is 6.42 Å². The van der Waals surface area contributed by atoms with Gasteiger partial charge in [0.05, 0.1) is 9.71 Å². The van der Waals surface area contributed by atoms with Crippen LogP contribution in [0.5, 0.6) is 0 Å². The Kier molecular flexibility index (Phi) is 4.82. The fraction of sp³-hybridized carbons (Fsp3) is 0.400. The molecule has 2 aromatic rings. The Hall–Kier alpha value is -2.28. The Balaban J connectivity index is 1.35. The van der Waals surface area contributed by atoms with Crippen molar-refractivity contribution < 1.29 is 4.39 Å². The van der Waals surface area contributed by atoms with Crippen LogP contribution in [0.4, 0.5) is 4.39 Å². The van der Waals surface area contributed by atoms with E-state index in [0.29, 0.717) is 17.5 Å². The number of halogens is 1. The highest BCUT2D eigenvalue weighted by Crippen LogP contribution is 2.38. The van der Waals surface area contributed by atoms with E-state index in [1.54, 1.807) is 17.4 Å². The van der Waals surface area contributed by atoms with Crippen LogP contribution in [-0.4, -0.2) is 35.6 Å². The number of fused-ring (bicyclic) bond motifs is 2. The Morgan fingerprint density at radius 3 is 2.87 bits per heavy atom. The van der Waals surface area contributed by atoms with Crippen molar-refractivity contribution in [2.45, 2.75) is 38.6 Å². The summed E-state index contributed by atoms with van der Waals surface area (Å²) in [6, 6.07) is 4.18. The molecule has 31 heavy (non-hydrogen) atoms. The molecule has 160 valence electrons. The first-order chi connectivity index (χ1) is 15.1. The zero-order valence-corrected chi connectivity index (χ0v) is 18.6. The van der Waals surface area contributed by atoms with Crippen molar-refractivity contribution in [2.24, 2.45) is 5.92 Å². The maximum atomic E-state index is 15.1. The number of benzene rings is 1. The van der Waals surface area contributed by atoms with E-state index < -0.39 is 0 Å². The highest BCUT2D eigenvalue weighted by molar-refractivity contribution is 7.18. The molecule has 1 aromatic heterocycles. The molecule has 0 saturated carbocycles. The zero-order chi connectivity index (χ0) is 20.9. The number of hydrogen-bond acceptors (Lipinski definition) is 5. The van der Waals surface area contributed by atoms with Gasteiger partial charge in [0, 0.05) is 37.1 Å². The summed E-state index contributed by atoms with van der Waals surface area (Å²) >= 11 is 1.66. The van der Waals surface area contributed by atoms with E-state index in [2.05, 4.69) is 58.1 Å². The third-order valence-corrected chi connectivity index (χ3v) is 7.70. The lowest BCUT2D eigenvalue weighted by atomic mass is 9.94. The molecular formula is C25H27FN4S. The molecule has 0 spiro atoms. The lowest BCUT2D eigenvalue weighted by molar-refractivity contribution is 0.372. The van der Waals surface area contributed by atoms with Crippen molar-refractivity contribution in [3.05, 3.63) is 69.9 Å². The largest absolute Gasteiger partial charge is 0.323 e. The minimum absolute atomic E-state index is 0.215. The van der Waals surface area contributed by atoms with E-state index in [9.17, 15) is 0 Å². The Morgan fingerprint density at radius 1 is 1.23 bits per heavy atom. The van der Waals surface area contributed by atoms with Gasteiger partial charge in [0.2, 0.25) is 0 Å². The van der Waals surface area contributed by atoms with Crippen molar-refractivity contribution in [2.75, 3.05) is 19.6 Å². The van der Waals surface area contributed by atoms with Crippen LogP contribution in [0.1, 0.15) is 36.8 Å². The number of piperidine rings is 1. The zero-order valence-electron chi connectivity index (χ0n) is 17.7. The summed E-state index contributed by atoms with van der Waals surface area (Å²) < 4.78 is 16.0. The van der Waals surface area contributed by atoms with Crippen LogP contribution < -0.4 is 10.6 Å². The van der Waals surface area contributed by atoms with Crippen molar-refractivity contribution in [3.8, 4) is 0 Å². The molecule has 0 amide bonds. The van der Waals surface area contributed by atoms with Gasteiger partial charge in [0.25, 0.3) is 0 Å². The molecule has 1 aromatic carbocycles. The van der Waals surface area contributed by atoms with Gasteiger partial charge < -0.3 is 15.5 Å². The second-order valence-electron chi connectivity index (χ2n) is 9.13. The molecule has 2 saturated heterocycles. The molecule has 0 radical (unpaired) electrons. The number of allylic oxidation sites excluding steroid dienone is 4. The summed E-state index contributed by atoms with van der Waals surface area (Å²) in [5.41, 5.74) is 6.40. The SMILES string of the molecule is CC1=CN2C=C(c3cc(F)c4nc(CC5CCNCC5)sc4c3)C=C(C3CN3)C2=CC1. The Labute approximate surface area is 186 Å². The molecule has 1 unspecified atom stereocenters. The number of nitrogens with one attached hydrogen (secondary N) is 2. The monoisotopic (exact) mass is 434 g/mol. The normalized spacial score (nSPS) is 23.8. The topological polar surface area (TPSA) is 50.1 Å². The minimum atomic E-state index is -0.215. The van der Waals surface area contributed by atoms with Crippen molar-refractivity contribution >= 4 is 27.1 Å². The molecule has 6 heteroatoms. The first-order valence-electron chi connectivity index (χ1n) is 11.3. The second kappa shape index (κ2) is 7.69. The predicted molar refractivity (Wildman–Crippen MR) is 125 cm³/mol. The third-order valence-electron chi connectivity index (χ3n) is 6.67. The predicted octanol–water partition coefficient (Wildman–Crippen LogP) is 4.72. The maximum absolute atomic E-state index is 15.1. The lowest BCUT2D eigenvalue weighted by Crippen LogP contribution is -2.28. The fourth-order valence-corrected chi connectivity index (χ4v) is 6.00. The van der Waals surface area contributed by atoms with E-state index in [-0.39, 0.29) is 5.82 Å². The molecule has 4 nitrogen and oxygen atoms in total. The summed E-state index contributed by atoms with van der Waals surface area (Å²) in [5.74, 6) is 0.439. The van der Waals surface area contributed by atoms with Gasteiger partial charge in [-0.25, -0.2) is 9.37 Å². The van der Waals surface area contributed by atoms with Gasteiger partial charge >= 0.3 is 0 Å². The number of thiazole rings is 1. The smallest absolute Gasteiger partial charge is 0.150 e. The van der Waals surface area contributed by atoms with Crippen molar-refractivity contribution in [1.29, 1.82) is 0 Å². The molecular weight excluding hydrogens is 407 g/mol. The third kappa shape index (κ3) is 3.77. The van der Waals surface area contributed by atoms with E-state index in [1.165, 1.54) is 29.7 Å². The molecule has 6 rings (SSSR count). The molecule has 2 N–H and O–H groups in total. The summed E-state index contributed by atoms with van der Waals surface area (Å²) in [6.07, 6.45) is 13.2. The average molecular weight is 435 g/mol. The average Bonchev–Trinajstić information content (AvgIpc) is 3.53. The van der Waals surface area contributed by atoms with Gasteiger partial charge in [-0.2, -0.15) is 0 Å². The Bertz CT molecular complexity index is 1160. The Morgan fingerprint density at radius 2 is 2.06 bits per heavy atom. The maximum Gasteiger partial charge on any atom is 0.150 e. The summed E-state index contributed by atoms with van der Waals surface area (Å²) in [6.45, 7) is 5.32. The minimum Gasteiger partial charge on any atom is -0.323 e. The van der Waals surface area contributed by atoms with Crippen LogP contribution in [0.2, 0.25) is 0 Å². The lowest BCUT2D eigenvalue weighted by Gasteiger charge is -2.31. The summed E-state index contributed by atoms with van der Waals surface area (Å²) in [5, 5.41) is 7.91. The van der Waals surface area contributed by atoms with Crippen molar-refractivity contribution in [1.82, 2.24) is 20.5 Å². The number of hydrogen-bond donors (Lipinski definition) is 2. The van der Waals surface area contributed by atoms with Gasteiger partial charge in [0.15, 0.2) is 5.82 Å². The highest BCUT2D eigenvalue weighted by atomic mass is 32.1. The summed E-state index contributed by atoms with van der Waals surface area (Å²) in [7, 11) is 0. The first-order valence-corrected chi connectivity index (χ1v) is 12.1. The van der Waals surface area contributed by atoms with E-state index in [0.717, 1.165) is 53.3 Å². The number of rotatable bonds is 4. The van der Waals surface area contributed by atoms with Gasteiger partial charge in [0.1, 0.15) is 5.52 Å². The van der Waals surface area contributed by atoms with Crippen molar-refractivity contribution in [3.63, 3.8) is 0 Å². The molecule has 0 bridgehead atoms. The molecule has 2 fully saturated rings. The summed E-state index contributed by atoms with van der Waals surface area (Å²) in [4.78, 5) is 6.88. The molecule has 4 aliphatic rings. The number of aromatic nitrogens is 1. The van der Waals surface area contributed by atoms with E-state index in [1.807, 2.05) is 0 Å². The highest BCUT2D eigenvalue weighted by Gasteiger charge is 2.32. The molecule has 4 aliphatic heterocycles. The molecule has 0 aliphatic carbocycles. The molecule has 5 heterocycles. The van der Waals surface area contributed by atoms with Crippen LogP contribution in [0, 0.1) is 11.7 Å². The molecule has 1 atom stereocenters. The quantitative estimate of drug-likeness (QED) is 0.684. The fourth-order valence-electron chi connectivity index (χ4n) is 4.86. The van der Waals surface area contributed by atoms with Crippen LogP contribution in [0.15, 0.2) is 53.5 Å². The standard InChI is InChI=1S/C25H27FN4S/c1-15-2-3-22-19(21-12-28-21)9-18(14-30(22)13-15)17-10-20(26)25-23(11-17)31-24(29-25)8-16-4-6-27-7-5-16/h3,9-11,13-14,16,21,27-28H,2,4-8,12H2,1H3. The first kappa shape index (κ1) is 19.4. The van der Waals surface area contributed by atoms with Gasteiger partial charge in [-0.15, -0.1) is 11.3 Å². The number of nitrogens with zero attached hydrogens (tertiary/aromatic N) is 2. The van der Waals surface area contributed by atoms with Crippen LogP contribution in [0.3, 0.4) is 0 Å². The van der Waals surface area contributed by atoms with Gasteiger partial charge in [-0.3, -0.25) is 0 Å². The van der Waals surface area contributed by atoms with Gasteiger partial charge in [-0.1, -0.05) is 11.6 Å². The van der Waals surface area contributed by atoms with Crippen LogP contribution >= 0.6 is 11.3 Å². The van der Waals surface area contributed by atoms with Gasteiger partial charge in [-0.05, 0) is 80.1 Å². The second-order valence-corrected chi connectivity index (χ2v) is 10.2. The van der Waals surface area contributed by atoms with E-state index >= 15 is 4.39 Å². The van der Waals surface area contributed by atoms with E-state index in [4.69, 9.17) is 0 Å². The van der Waals surface area contributed by atoms with Crippen LogP contribution in [0.25, 0.3) is 15.8 Å².